The van der Waals surface area contributed by atoms with Crippen molar-refractivity contribution in [1.29, 1.82) is 0 Å². The number of anilines is 2. The number of aliphatic hydroxyl groups is 1. The number of pyridine rings is 1. The van der Waals surface area contributed by atoms with Crippen molar-refractivity contribution < 1.29 is 19.5 Å². The third-order valence-electron chi connectivity index (χ3n) is 5.36. The van der Waals surface area contributed by atoms with Crippen LogP contribution < -0.4 is 10.2 Å². The topological polar surface area (TPSA) is 99.6 Å². The van der Waals surface area contributed by atoms with Crippen molar-refractivity contribution in [3.05, 3.63) is 93.7 Å². The highest BCUT2D eigenvalue weighted by molar-refractivity contribution is 9.10. The standard InChI is InChI=1S/C25H20BrN3O4/c1-14-13-17(3-8-20(14)26)23(31)21-22(16-9-11-27-12-10-16)29(25(33)24(21)32)19-6-4-18(5-7-19)28-15(2)30/h3-13,22,31H,1-2H3,(H,28,30)/b23-21-. The number of nitrogens with one attached hydrogen (secondary N) is 1. The van der Waals surface area contributed by atoms with Crippen LogP contribution in [0.25, 0.3) is 5.76 Å². The number of rotatable bonds is 4. The van der Waals surface area contributed by atoms with Gasteiger partial charge in [-0.25, -0.2) is 0 Å². The number of hydrogen-bond donors (Lipinski definition) is 2. The summed E-state index contributed by atoms with van der Waals surface area (Å²) in [4.78, 5) is 43.0. The first-order valence-electron chi connectivity index (χ1n) is 10.1. The van der Waals surface area contributed by atoms with E-state index in [-0.39, 0.29) is 17.2 Å². The zero-order chi connectivity index (χ0) is 23.7. The van der Waals surface area contributed by atoms with Crippen molar-refractivity contribution >= 4 is 50.7 Å². The summed E-state index contributed by atoms with van der Waals surface area (Å²) in [6.45, 7) is 3.27. The van der Waals surface area contributed by atoms with E-state index in [2.05, 4.69) is 26.2 Å². The summed E-state index contributed by atoms with van der Waals surface area (Å²) >= 11 is 3.43. The van der Waals surface area contributed by atoms with Crippen LogP contribution >= 0.6 is 15.9 Å². The molecule has 1 unspecified atom stereocenters. The largest absolute Gasteiger partial charge is 0.507 e. The van der Waals surface area contributed by atoms with E-state index in [0.717, 1.165) is 10.0 Å². The minimum atomic E-state index is -0.844. The predicted molar refractivity (Wildman–Crippen MR) is 129 cm³/mol. The number of aromatic nitrogens is 1. The van der Waals surface area contributed by atoms with Gasteiger partial charge in [-0.05, 0) is 66.6 Å². The molecule has 3 aromatic rings. The zero-order valence-electron chi connectivity index (χ0n) is 17.9. The summed E-state index contributed by atoms with van der Waals surface area (Å²) in [5.41, 5.74) is 2.97. The lowest BCUT2D eigenvalue weighted by molar-refractivity contribution is -0.132. The highest BCUT2D eigenvalue weighted by Crippen LogP contribution is 2.42. The van der Waals surface area contributed by atoms with Crippen molar-refractivity contribution in [3.8, 4) is 0 Å². The van der Waals surface area contributed by atoms with Crippen LogP contribution in [0, 0.1) is 6.92 Å². The van der Waals surface area contributed by atoms with Gasteiger partial charge in [0.1, 0.15) is 5.76 Å². The van der Waals surface area contributed by atoms with Crippen LogP contribution in [0.5, 0.6) is 0 Å². The van der Waals surface area contributed by atoms with Gasteiger partial charge < -0.3 is 10.4 Å². The van der Waals surface area contributed by atoms with Crippen molar-refractivity contribution in [2.24, 2.45) is 0 Å². The van der Waals surface area contributed by atoms with Gasteiger partial charge in [0.05, 0.1) is 11.6 Å². The molecule has 2 heterocycles. The number of halogens is 1. The van der Waals surface area contributed by atoms with Crippen molar-refractivity contribution in [3.63, 3.8) is 0 Å². The average molecular weight is 506 g/mol. The molecule has 0 spiro atoms. The van der Waals surface area contributed by atoms with E-state index in [1.54, 1.807) is 67.0 Å². The number of hydrogen-bond acceptors (Lipinski definition) is 5. The van der Waals surface area contributed by atoms with Crippen LogP contribution in [0.15, 0.2) is 77.0 Å². The number of nitrogens with zero attached hydrogens (tertiary/aromatic N) is 2. The third kappa shape index (κ3) is 4.29. The summed E-state index contributed by atoms with van der Waals surface area (Å²) in [6.07, 6.45) is 3.14. The Bertz CT molecular complexity index is 1290. The number of ketones is 1. The summed E-state index contributed by atoms with van der Waals surface area (Å²) in [6, 6.07) is 14.4. The lowest BCUT2D eigenvalue weighted by Gasteiger charge is -2.25. The maximum absolute atomic E-state index is 13.2. The summed E-state index contributed by atoms with van der Waals surface area (Å²) in [7, 11) is 0. The highest BCUT2D eigenvalue weighted by atomic mass is 79.9. The molecule has 33 heavy (non-hydrogen) atoms. The molecule has 4 rings (SSSR count). The molecule has 1 fully saturated rings. The Labute approximate surface area is 198 Å². The fourth-order valence-electron chi connectivity index (χ4n) is 3.82. The number of carbonyl (C=O) groups is 3. The Balaban J connectivity index is 1.87. The molecule has 2 aromatic carbocycles. The molecule has 0 saturated carbocycles. The second-order valence-corrected chi connectivity index (χ2v) is 8.50. The molecule has 0 bridgehead atoms. The van der Waals surface area contributed by atoms with Gasteiger partial charge in [0, 0.05) is 40.7 Å². The van der Waals surface area contributed by atoms with Crippen LogP contribution in [0.2, 0.25) is 0 Å². The van der Waals surface area contributed by atoms with Gasteiger partial charge in [-0.15, -0.1) is 0 Å². The minimum absolute atomic E-state index is 0.00106. The van der Waals surface area contributed by atoms with E-state index in [0.29, 0.717) is 22.5 Å². The first-order chi connectivity index (χ1) is 15.8. The third-order valence-corrected chi connectivity index (χ3v) is 6.25. The first-order valence-corrected chi connectivity index (χ1v) is 10.9. The number of benzene rings is 2. The average Bonchev–Trinajstić information content (AvgIpc) is 3.06. The maximum atomic E-state index is 13.2. The quantitative estimate of drug-likeness (QED) is 0.303. The Morgan fingerprint density at radius 3 is 2.33 bits per heavy atom. The van der Waals surface area contributed by atoms with E-state index in [1.807, 2.05) is 6.92 Å². The fourth-order valence-corrected chi connectivity index (χ4v) is 4.06. The Morgan fingerprint density at radius 2 is 1.73 bits per heavy atom. The van der Waals surface area contributed by atoms with E-state index >= 15 is 0 Å². The van der Waals surface area contributed by atoms with Crippen LogP contribution in [0.1, 0.15) is 29.7 Å². The minimum Gasteiger partial charge on any atom is -0.507 e. The molecule has 2 N–H and O–H groups in total. The molecule has 7 nitrogen and oxygen atoms in total. The SMILES string of the molecule is CC(=O)Nc1ccc(N2C(=O)C(=O)/C(=C(\O)c3ccc(Br)c(C)c3)C2c2ccncc2)cc1. The summed E-state index contributed by atoms with van der Waals surface area (Å²) in [5, 5.41) is 13.8. The Morgan fingerprint density at radius 1 is 1.06 bits per heavy atom. The van der Waals surface area contributed by atoms with Crippen LogP contribution in [0.4, 0.5) is 11.4 Å². The van der Waals surface area contributed by atoms with Gasteiger partial charge in [-0.2, -0.15) is 0 Å². The molecule has 166 valence electrons. The molecule has 1 atom stereocenters. The molecular weight excluding hydrogens is 486 g/mol. The van der Waals surface area contributed by atoms with Crippen LogP contribution in [-0.4, -0.2) is 27.7 Å². The molecule has 0 aliphatic carbocycles. The Kier molecular flexibility index (Phi) is 6.11. The predicted octanol–water partition coefficient (Wildman–Crippen LogP) is 4.74. The number of aryl methyl sites for hydroxylation is 1. The van der Waals surface area contributed by atoms with Crippen LogP contribution in [-0.2, 0) is 14.4 Å². The van der Waals surface area contributed by atoms with Gasteiger partial charge in [0.15, 0.2) is 0 Å². The monoisotopic (exact) mass is 505 g/mol. The van der Waals surface area contributed by atoms with Crippen molar-refractivity contribution in [2.45, 2.75) is 19.9 Å². The second-order valence-electron chi connectivity index (χ2n) is 7.64. The van der Waals surface area contributed by atoms with Gasteiger partial charge in [-0.3, -0.25) is 24.3 Å². The molecule has 1 aromatic heterocycles. The molecule has 0 radical (unpaired) electrons. The first kappa shape index (κ1) is 22.4. The number of amides is 2. The second kappa shape index (κ2) is 8.99. The zero-order valence-corrected chi connectivity index (χ0v) is 19.5. The highest BCUT2D eigenvalue weighted by Gasteiger charge is 2.47. The summed E-state index contributed by atoms with van der Waals surface area (Å²) in [5.74, 6) is -1.99. The molecule has 2 amide bonds. The molecule has 1 aliphatic rings. The molecule has 8 heteroatoms. The van der Waals surface area contributed by atoms with E-state index in [9.17, 15) is 19.5 Å². The van der Waals surface area contributed by atoms with Crippen LogP contribution in [0.3, 0.4) is 0 Å². The molecule has 1 saturated heterocycles. The van der Waals surface area contributed by atoms with Gasteiger partial charge in [0.2, 0.25) is 5.91 Å². The van der Waals surface area contributed by atoms with Gasteiger partial charge in [0.25, 0.3) is 11.7 Å². The smallest absolute Gasteiger partial charge is 0.300 e. The molecule has 1 aliphatic heterocycles. The number of aliphatic hydroxyl groups excluding tert-OH is 1. The maximum Gasteiger partial charge on any atom is 0.300 e. The lowest BCUT2D eigenvalue weighted by Crippen LogP contribution is -2.29. The van der Waals surface area contributed by atoms with E-state index < -0.39 is 17.7 Å². The lowest BCUT2D eigenvalue weighted by atomic mass is 9.95. The van der Waals surface area contributed by atoms with Gasteiger partial charge >= 0.3 is 0 Å². The van der Waals surface area contributed by atoms with Crippen molar-refractivity contribution in [2.75, 3.05) is 10.2 Å². The number of Topliss-reactive ketones (excluding diaryl/α,β-unsaturated/α-hetero) is 1. The van der Waals surface area contributed by atoms with E-state index in [4.69, 9.17) is 0 Å². The Hall–Kier alpha value is -3.78. The van der Waals surface area contributed by atoms with Crippen molar-refractivity contribution in [1.82, 2.24) is 4.98 Å². The summed E-state index contributed by atoms with van der Waals surface area (Å²) < 4.78 is 0.865. The number of carbonyl (C=O) groups excluding carboxylic acids is 3. The normalized spacial score (nSPS) is 17.3. The molecular formula is C25H20BrN3O4. The van der Waals surface area contributed by atoms with E-state index in [1.165, 1.54) is 11.8 Å². The van der Waals surface area contributed by atoms with Gasteiger partial charge in [-0.1, -0.05) is 22.0 Å². The fraction of sp³-hybridized carbons (Fsp3) is 0.120.